The lowest BCUT2D eigenvalue weighted by molar-refractivity contribution is -0.167. The van der Waals surface area contributed by atoms with Crippen molar-refractivity contribution in [2.75, 3.05) is 19.8 Å². The first-order chi connectivity index (χ1) is 13.5. The molecule has 6 heteroatoms. The lowest BCUT2D eigenvalue weighted by atomic mass is 9.90. The Morgan fingerprint density at radius 1 is 1.00 bits per heavy atom. The van der Waals surface area contributed by atoms with E-state index in [2.05, 4.69) is 5.32 Å². The van der Waals surface area contributed by atoms with E-state index in [0.717, 1.165) is 11.1 Å². The van der Waals surface area contributed by atoms with Crippen LogP contribution in [0.3, 0.4) is 0 Å². The molecule has 1 fully saturated rings. The first-order valence-corrected chi connectivity index (χ1v) is 9.30. The summed E-state index contributed by atoms with van der Waals surface area (Å²) >= 11 is 0. The van der Waals surface area contributed by atoms with Crippen molar-refractivity contribution in [3.05, 3.63) is 71.8 Å². The highest BCUT2D eigenvalue weighted by Gasteiger charge is 2.36. The molecule has 1 saturated heterocycles. The van der Waals surface area contributed by atoms with Crippen molar-refractivity contribution in [3.63, 3.8) is 0 Å². The van der Waals surface area contributed by atoms with Crippen molar-refractivity contribution in [2.45, 2.75) is 26.0 Å². The molecule has 0 aromatic heterocycles. The zero-order valence-electron chi connectivity index (χ0n) is 15.9. The standard InChI is InChI=1S/C22H25NO5/c1-22(14-26-15-22)16-28-20(24)19(12-17-8-4-2-5-9-17)23-21(25)27-13-18-10-6-3-7-11-18/h2-11,19H,12-16H2,1H3,(H,23,25)/t19-/m0/s1. The molecule has 148 valence electrons. The van der Waals surface area contributed by atoms with Crippen LogP contribution < -0.4 is 5.32 Å². The fraction of sp³-hybridized carbons (Fsp3) is 0.364. The first-order valence-electron chi connectivity index (χ1n) is 9.30. The third-order valence-corrected chi connectivity index (χ3v) is 4.54. The molecule has 0 bridgehead atoms. The van der Waals surface area contributed by atoms with Gasteiger partial charge in [0.15, 0.2) is 0 Å². The second-order valence-corrected chi connectivity index (χ2v) is 7.36. The van der Waals surface area contributed by atoms with Crippen LogP contribution in [-0.2, 0) is 32.0 Å². The van der Waals surface area contributed by atoms with Gasteiger partial charge in [-0.3, -0.25) is 0 Å². The van der Waals surface area contributed by atoms with E-state index in [1.807, 2.05) is 67.6 Å². The summed E-state index contributed by atoms with van der Waals surface area (Å²) in [4.78, 5) is 24.8. The smallest absolute Gasteiger partial charge is 0.408 e. The van der Waals surface area contributed by atoms with Gasteiger partial charge in [-0.05, 0) is 11.1 Å². The number of hydrogen-bond donors (Lipinski definition) is 1. The molecule has 0 spiro atoms. The van der Waals surface area contributed by atoms with Crippen molar-refractivity contribution >= 4 is 12.1 Å². The van der Waals surface area contributed by atoms with Crippen molar-refractivity contribution in [2.24, 2.45) is 5.41 Å². The number of benzene rings is 2. The minimum atomic E-state index is -0.824. The Morgan fingerprint density at radius 3 is 2.18 bits per heavy atom. The summed E-state index contributed by atoms with van der Waals surface area (Å²) in [6.45, 7) is 3.52. The number of alkyl carbamates (subject to hydrolysis) is 1. The van der Waals surface area contributed by atoms with Crippen molar-refractivity contribution in [1.82, 2.24) is 5.32 Å². The average Bonchev–Trinajstić information content (AvgIpc) is 2.70. The molecular weight excluding hydrogens is 358 g/mol. The summed E-state index contributed by atoms with van der Waals surface area (Å²) in [6, 6.07) is 18.0. The predicted octanol–water partition coefficient (Wildman–Crippen LogP) is 3.10. The van der Waals surface area contributed by atoms with Crippen molar-refractivity contribution in [1.29, 1.82) is 0 Å². The minimum absolute atomic E-state index is 0.134. The van der Waals surface area contributed by atoms with E-state index in [9.17, 15) is 9.59 Å². The van der Waals surface area contributed by atoms with Gasteiger partial charge in [0, 0.05) is 11.8 Å². The van der Waals surface area contributed by atoms with Crippen LogP contribution in [0.15, 0.2) is 60.7 Å². The molecule has 0 aliphatic carbocycles. The van der Waals surface area contributed by atoms with Crippen molar-refractivity contribution < 1.29 is 23.8 Å². The van der Waals surface area contributed by atoms with Crippen LogP contribution in [0.2, 0.25) is 0 Å². The molecule has 1 amide bonds. The Hall–Kier alpha value is -2.86. The molecule has 1 aliphatic heterocycles. The Morgan fingerprint density at radius 2 is 1.61 bits per heavy atom. The minimum Gasteiger partial charge on any atom is -0.463 e. The Balaban J connectivity index is 1.57. The maximum atomic E-state index is 12.6. The summed E-state index contributed by atoms with van der Waals surface area (Å²) in [5, 5.41) is 2.64. The molecule has 0 unspecified atom stereocenters. The third-order valence-electron chi connectivity index (χ3n) is 4.54. The van der Waals surface area contributed by atoms with E-state index in [4.69, 9.17) is 14.2 Å². The van der Waals surface area contributed by atoms with Crippen LogP contribution in [-0.4, -0.2) is 37.9 Å². The molecule has 28 heavy (non-hydrogen) atoms. The van der Waals surface area contributed by atoms with E-state index in [1.54, 1.807) is 0 Å². The van der Waals surface area contributed by atoms with Gasteiger partial charge < -0.3 is 19.5 Å². The average molecular weight is 383 g/mol. The van der Waals surface area contributed by atoms with Gasteiger partial charge in [-0.25, -0.2) is 9.59 Å². The van der Waals surface area contributed by atoms with Gasteiger partial charge in [-0.1, -0.05) is 67.6 Å². The summed E-state index contributed by atoms with van der Waals surface area (Å²) in [6.07, 6.45) is -0.326. The molecule has 1 N–H and O–H groups in total. The molecule has 2 aromatic carbocycles. The number of nitrogens with one attached hydrogen (secondary N) is 1. The summed E-state index contributed by atoms with van der Waals surface area (Å²) in [7, 11) is 0. The zero-order chi connectivity index (χ0) is 19.8. The van der Waals surface area contributed by atoms with Gasteiger partial charge in [-0.2, -0.15) is 0 Å². The highest BCUT2D eigenvalue weighted by Crippen LogP contribution is 2.26. The van der Waals surface area contributed by atoms with Gasteiger partial charge in [0.25, 0.3) is 0 Å². The SMILES string of the molecule is CC1(COC(=O)[C@H](Cc2ccccc2)NC(=O)OCc2ccccc2)COC1. The quantitative estimate of drug-likeness (QED) is 0.709. The van der Waals surface area contributed by atoms with Crippen LogP contribution in [0.5, 0.6) is 0 Å². The van der Waals surface area contributed by atoms with E-state index in [-0.39, 0.29) is 18.6 Å². The number of hydrogen-bond acceptors (Lipinski definition) is 5. The van der Waals surface area contributed by atoms with Gasteiger partial charge >= 0.3 is 12.1 Å². The van der Waals surface area contributed by atoms with E-state index < -0.39 is 18.1 Å². The number of carbonyl (C=O) groups excluding carboxylic acids is 2. The second kappa shape index (κ2) is 9.37. The number of esters is 1. The number of rotatable bonds is 8. The Bertz CT molecular complexity index is 774. The van der Waals surface area contributed by atoms with Crippen LogP contribution in [0.4, 0.5) is 4.79 Å². The van der Waals surface area contributed by atoms with Gasteiger partial charge in [0.05, 0.1) is 13.2 Å². The third kappa shape index (κ3) is 5.82. The van der Waals surface area contributed by atoms with Gasteiger partial charge in [0.2, 0.25) is 0 Å². The summed E-state index contributed by atoms with van der Waals surface area (Å²) in [5.74, 6) is -0.478. The largest absolute Gasteiger partial charge is 0.463 e. The molecular formula is C22H25NO5. The normalized spacial score (nSPS) is 15.8. The maximum absolute atomic E-state index is 12.6. The molecule has 1 heterocycles. The van der Waals surface area contributed by atoms with E-state index in [1.165, 1.54) is 0 Å². The van der Waals surface area contributed by atoms with E-state index in [0.29, 0.717) is 19.6 Å². The van der Waals surface area contributed by atoms with Gasteiger partial charge in [-0.15, -0.1) is 0 Å². The molecule has 2 aromatic rings. The van der Waals surface area contributed by atoms with Gasteiger partial charge in [0.1, 0.15) is 19.3 Å². The number of ether oxygens (including phenoxy) is 3. The summed E-state index contributed by atoms with van der Waals surface area (Å²) < 4.78 is 15.9. The molecule has 3 rings (SSSR count). The van der Waals surface area contributed by atoms with Crippen LogP contribution in [0.1, 0.15) is 18.1 Å². The molecule has 1 aliphatic rings. The second-order valence-electron chi connectivity index (χ2n) is 7.36. The fourth-order valence-electron chi connectivity index (χ4n) is 2.83. The van der Waals surface area contributed by atoms with Crippen molar-refractivity contribution in [3.8, 4) is 0 Å². The molecule has 0 saturated carbocycles. The Labute approximate surface area is 164 Å². The monoisotopic (exact) mass is 383 g/mol. The topological polar surface area (TPSA) is 73.9 Å². The highest BCUT2D eigenvalue weighted by molar-refractivity contribution is 5.81. The maximum Gasteiger partial charge on any atom is 0.408 e. The highest BCUT2D eigenvalue weighted by atomic mass is 16.6. The van der Waals surface area contributed by atoms with Crippen LogP contribution >= 0.6 is 0 Å². The lowest BCUT2D eigenvalue weighted by Gasteiger charge is -2.37. The lowest BCUT2D eigenvalue weighted by Crippen LogP contribution is -2.48. The fourth-order valence-corrected chi connectivity index (χ4v) is 2.83. The molecule has 1 atom stereocenters. The van der Waals surface area contributed by atoms with E-state index >= 15 is 0 Å². The zero-order valence-corrected chi connectivity index (χ0v) is 15.9. The molecule has 0 radical (unpaired) electrons. The number of carbonyl (C=O) groups is 2. The Kier molecular flexibility index (Phi) is 6.66. The molecule has 6 nitrogen and oxygen atoms in total. The first kappa shape index (κ1) is 19.9. The summed E-state index contributed by atoms with van der Waals surface area (Å²) in [5.41, 5.74) is 1.64. The van der Waals surface area contributed by atoms with Crippen LogP contribution in [0, 0.1) is 5.41 Å². The predicted molar refractivity (Wildman–Crippen MR) is 104 cm³/mol. The number of amides is 1. The van der Waals surface area contributed by atoms with Crippen LogP contribution in [0.25, 0.3) is 0 Å².